The Morgan fingerprint density at radius 1 is 0.630 bits per heavy atom. The Morgan fingerprint density at radius 3 is 1.59 bits per heavy atom. The molecule has 0 bridgehead atoms. The predicted molar refractivity (Wildman–Crippen MR) is 119 cm³/mol. The molecule has 0 saturated heterocycles. The van der Waals surface area contributed by atoms with Gasteiger partial charge in [-0.3, -0.25) is 0 Å². The molecule has 0 aromatic carbocycles. The molecule has 2 heteroatoms. The second-order valence-electron chi connectivity index (χ2n) is 8.57. The van der Waals surface area contributed by atoms with E-state index in [1.807, 2.05) is 0 Å². The highest BCUT2D eigenvalue weighted by molar-refractivity contribution is 4.84. The van der Waals surface area contributed by atoms with E-state index in [9.17, 15) is 0 Å². The minimum atomic E-state index is 1.21. The molecule has 0 amide bonds. The second kappa shape index (κ2) is 17.3. The van der Waals surface area contributed by atoms with E-state index in [-0.39, 0.29) is 0 Å². The van der Waals surface area contributed by atoms with E-state index in [1.54, 1.807) is 0 Å². The van der Waals surface area contributed by atoms with E-state index in [0.717, 1.165) is 0 Å². The molecular formula is C25H49N2+. The maximum atomic E-state index is 2.50. The zero-order chi connectivity index (χ0) is 19.6. The molecule has 0 unspecified atom stereocenters. The molecule has 1 heterocycles. The molecule has 1 aromatic rings. The number of unbranched alkanes of at least 4 members (excludes halogenated alkanes) is 15. The first-order valence-electron chi connectivity index (χ1n) is 12.3. The summed E-state index contributed by atoms with van der Waals surface area (Å²) in [5, 5.41) is 0. The van der Waals surface area contributed by atoms with Crippen molar-refractivity contribution in [2.24, 2.45) is 7.05 Å². The largest absolute Gasteiger partial charge is 0.256 e. The lowest BCUT2D eigenvalue weighted by molar-refractivity contribution is -0.678. The highest BCUT2D eigenvalue weighted by Gasteiger charge is 2.13. The fourth-order valence-corrected chi connectivity index (χ4v) is 4.09. The van der Waals surface area contributed by atoms with Crippen molar-refractivity contribution in [3.05, 3.63) is 18.2 Å². The molecule has 0 radical (unpaired) electrons. The summed E-state index contributed by atoms with van der Waals surface area (Å²) in [5.41, 5.74) is 0. The van der Waals surface area contributed by atoms with Crippen molar-refractivity contribution in [2.45, 2.75) is 136 Å². The molecule has 2 nitrogen and oxygen atoms in total. The smallest absolute Gasteiger partial charge is 0.237 e. The van der Waals surface area contributed by atoms with E-state index in [0.29, 0.717) is 0 Å². The van der Waals surface area contributed by atoms with Gasteiger partial charge in [0, 0.05) is 6.42 Å². The Labute approximate surface area is 170 Å². The Kier molecular flexibility index (Phi) is 15.6. The summed E-state index contributed by atoms with van der Waals surface area (Å²) < 4.78 is 4.84. The SMILES string of the molecule is CCCCCCCCCCCCCCc1n(CCCCCCC)cc[n+]1C. The third-order valence-corrected chi connectivity index (χ3v) is 5.97. The van der Waals surface area contributed by atoms with Crippen molar-refractivity contribution >= 4 is 0 Å². The van der Waals surface area contributed by atoms with Gasteiger partial charge in [-0.2, -0.15) is 0 Å². The number of imidazole rings is 1. The zero-order valence-electron chi connectivity index (χ0n) is 19.0. The van der Waals surface area contributed by atoms with Crippen molar-refractivity contribution < 1.29 is 4.57 Å². The Bertz CT molecular complexity index is 436. The van der Waals surface area contributed by atoms with Gasteiger partial charge in [0.15, 0.2) is 0 Å². The molecule has 0 N–H and O–H groups in total. The Balaban J connectivity index is 2.02. The van der Waals surface area contributed by atoms with Gasteiger partial charge in [-0.25, -0.2) is 9.13 Å². The van der Waals surface area contributed by atoms with Crippen LogP contribution in [0.3, 0.4) is 0 Å². The van der Waals surface area contributed by atoms with Crippen molar-refractivity contribution in [1.82, 2.24) is 4.57 Å². The molecule has 1 aromatic heterocycles. The van der Waals surface area contributed by atoms with Crippen LogP contribution in [0.1, 0.15) is 129 Å². The van der Waals surface area contributed by atoms with Gasteiger partial charge in [-0.1, -0.05) is 104 Å². The van der Waals surface area contributed by atoms with E-state index in [2.05, 4.69) is 42.4 Å². The van der Waals surface area contributed by atoms with Gasteiger partial charge in [-0.05, 0) is 19.3 Å². The molecule has 1 rings (SSSR count). The van der Waals surface area contributed by atoms with Crippen molar-refractivity contribution in [2.75, 3.05) is 0 Å². The highest BCUT2D eigenvalue weighted by atomic mass is 15.1. The van der Waals surface area contributed by atoms with Crippen LogP contribution in [-0.2, 0) is 20.0 Å². The van der Waals surface area contributed by atoms with Crippen LogP contribution in [0.15, 0.2) is 12.4 Å². The van der Waals surface area contributed by atoms with Crippen LogP contribution in [0.4, 0.5) is 0 Å². The molecule has 0 saturated carbocycles. The second-order valence-corrected chi connectivity index (χ2v) is 8.57. The van der Waals surface area contributed by atoms with E-state index in [4.69, 9.17) is 0 Å². The van der Waals surface area contributed by atoms with Crippen LogP contribution >= 0.6 is 0 Å². The normalized spacial score (nSPS) is 11.4. The summed E-state index contributed by atoms with van der Waals surface area (Å²) in [7, 11) is 2.21. The van der Waals surface area contributed by atoms with Crippen molar-refractivity contribution in [3.8, 4) is 0 Å². The zero-order valence-corrected chi connectivity index (χ0v) is 19.0. The van der Waals surface area contributed by atoms with Crippen LogP contribution in [0.2, 0.25) is 0 Å². The monoisotopic (exact) mass is 377 g/mol. The first-order chi connectivity index (χ1) is 13.3. The summed E-state index contributed by atoms with van der Waals surface area (Å²) in [5.74, 6) is 1.53. The van der Waals surface area contributed by atoms with Gasteiger partial charge in [0.1, 0.15) is 12.4 Å². The molecule has 27 heavy (non-hydrogen) atoms. The fourth-order valence-electron chi connectivity index (χ4n) is 4.09. The third-order valence-electron chi connectivity index (χ3n) is 5.97. The van der Waals surface area contributed by atoms with E-state index < -0.39 is 0 Å². The number of aryl methyl sites for hydroxylation is 2. The number of aromatic nitrogens is 2. The number of nitrogens with zero attached hydrogens (tertiary/aromatic N) is 2. The summed E-state index contributed by atoms with van der Waals surface area (Å²) in [6.45, 7) is 5.79. The maximum Gasteiger partial charge on any atom is 0.256 e. The number of hydrogen-bond acceptors (Lipinski definition) is 0. The fraction of sp³-hybridized carbons (Fsp3) is 0.880. The van der Waals surface area contributed by atoms with Gasteiger partial charge in [-0.15, -0.1) is 0 Å². The lowest BCUT2D eigenvalue weighted by atomic mass is 10.0. The van der Waals surface area contributed by atoms with Crippen LogP contribution in [0, 0.1) is 0 Å². The molecule has 0 spiro atoms. The molecule has 0 fully saturated rings. The summed E-state index contributed by atoms with van der Waals surface area (Å²) >= 11 is 0. The average Bonchev–Trinajstić information content (AvgIpc) is 3.02. The summed E-state index contributed by atoms with van der Waals surface area (Å²) in [6.07, 6.45) is 29.8. The number of rotatable bonds is 19. The topological polar surface area (TPSA) is 8.81 Å². The molecule has 0 atom stereocenters. The Morgan fingerprint density at radius 2 is 1.07 bits per heavy atom. The van der Waals surface area contributed by atoms with Gasteiger partial charge >= 0.3 is 0 Å². The average molecular weight is 378 g/mol. The third kappa shape index (κ3) is 12.3. The molecule has 0 aliphatic heterocycles. The minimum absolute atomic E-state index is 1.21. The van der Waals surface area contributed by atoms with Crippen LogP contribution in [-0.4, -0.2) is 4.57 Å². The predicted octanol–water partition coefficient (Wildman–Crippen LogP) is 7.53. The minimum Gasteiger partial charge on any atom is -0.237 e. The van der Waals surface area contributed by atoms with Crippen molar-refractivity contribution in [3.63, 3.8) is 0 Å². The highest BCUT2D eigenvalue weighted by Crippen LogP contribution is 2.13. The van der Waals surface area contributed by atoms with E-state index >= 15 is 0 Å². The molecular weight excluding hydrogens is 328 g/mol. The summed E-state index contributed by atoms with van der Waals surface area (Å²) in [6, 6.07) is 0. The van der Waals surface area contributed by atoms with Crippen LogP contribution in [0.5, 0.6) is 0 Å². The van der Waals surface area contributed by atoms with E-state index in [1.165, 1.54) is 128 Å². The quantitative estimate of drug-likeness (QED) is 0.174. The molecule has 0 aliphatic rings. The molecule has 0 aliphatic carbocycles. The van der Waals surface area contributed by atoms with Crippen LogP contribution < -0.4 is 4.57 Å². The molecule has 158 valence electrons. The first-order valence-corrected chi connectivity index (χ1v) is 12.3. The number of hydrogen-bond donors (Lipinski definition) is 0. The van der Waals surface area contributed by atoms with Gasteiger partial charge < -0.3 is 0 Å². The lowest BCUT2D eigenvalue weighted by Gasteiger charge is -2.04. The van der Waals surface area contributed by atoms with Gasteiger partial charge in [0.25, 0.3) is 5.82 Å². The standard InChI is InChI=1S/C25H49N2/c1-4-6-8-10-11-12-13-14-15-16-17-19-21-25-26(3)23-24-27(25)22-20-18-9-7-5-2/h23-24H,4-22H2,1-3H3/q+1. The van der Waals surface area contributed by atoms with Crippen LogP contribution in [0.25, 0.3) is 0 Å². The van der Waals surface area contributed by atoms with Gasteiger partial charge in [0.2, 0.25) is 0 Å². The maximum absolute atomic E-state index is 2.50. The Hall–Kier alpha value is -0.790. The first kappa shape index (κ1) is 24.2. The lowest BCUT2D eigenvalue weighted by Crippen LogP contribution is -2.32. The summed E-state index contributed by atoms with van der Waals surface area (Å²) in [4.78, 5) is 0. The van der Waals surface area contributed by atoms with Gasteiger partial charge in [0.05, 0.1) is 13.6 Å². The van der Waals surface area contributed by atoms with Crippen molar-refractivity contribution in [1.29, 1.82) is 0 Å².